The number of nitrogens with zero attached hydrogens (tertiary/aromatic N) is 2. The molecule has 2 amide bonds. The number of aromatic nitrogens is 2. The molecule has 0 saturated heterocycles. The summed E-state index contributed by atoms with van der Waals surface area (Å²) in [5.41, 5.74) is 1.62. The lowest BCUT2D eigenvalue weighted by Gasteiger charge is -2.33. The summed E-state index contributed by atoms with van der Waals surface area (Å²) < 4.78 is 4.74. The van der Waals surface area contributed by atoms with Crippen molar-refractivity contribution in [3.63, 3.8) is 0 Å². The topological polar surface area (TPSA) is 87.3 Å². The summed E-state index contributed by atoms with van der Waals surface area (Å²) >= 11 is 5.53. The van der Waals surface area contributed by atoms with Crippen molar-refractivity contribution in [2.75, 3.05) is 19.5 Å². The van der Waals surface area contributed by atoms with Crippen molar-refractivity contribution < 1.29 is 14.3 Å². The van der Waals surface area contributed by atoms with Crippen LogP contribution >= 0.6 is 11.6 Å². The molecule has 1 aliphatic rings. The molecule has 0 saturated carbocycles. The van der Waals surface area contributed by atoms with Crippen molar-refractivity contribution in [3.8, 4) is 0 Å². The number of esters is 1. The number of carbonyl (C=O) groups excluding carboxylic acids is 2. The highest BCUT2D eigenvalue weighted by molar-refractivity contribution is 6.18. The Balaban J connectivity index is 2.18. The van der Waals surface area contributed by atoms with Crippen molar-refractivity contribution >= 4 is 23.6 Å². The zero-order chi connectivity index (χ0) is 13.8. The molecule has 2 N–H and O–H groups in total. The van der Waals surface area contributed by atoms with Crippen LogP contribution in [0, 0.1) is 0 Å². The number of rotatable bonds is 3. The second kappa shape index (κ2) is 5.92. The van der Waals surface area contributed by atoms with Gasteiger partial charge in [-0.3, -0.25) is 0 Å². The molecule has 0 spiro atoms. The molecule has 104 valence electrons. The van der Waals surface area contributed by atoms with Crippen LogP contribution in [0.1, 0.15) is 11.4 Å². The SMILES string of the molecule is COC(=O)C1Cc2nc[nH]c2CN1C(=O)NCCCl. The molecule has 2 rings (SSSR count). The number of hydrogen-bond acceptors (Lipinski definition) is 4. The summed E-state index contributed by atoms with van der Waals surface area (Å²) in [6.07, 6.45) is 1.90. The number of H-pyrrole nitrogens is 1. The van der Waals surface area contributed by atoms with Crippen LogP contribution in [-0.2, 0) is 22.5 Å². The highest BCUT2D eigenvalue weighted by atomic mass is 35.5. The molecular formula is C11H15ClN4O3. The molecule has 0 fully saturated rings. The van der Waals surface area contributed by atoms with E-state index in [0.29, 0.717) is 25.4 Å². The van der Waals surface area contributed by atoms with Crippen molar-refractivity contribution in [2.45, 2.75) is 19.0 Å². The van der Waals surface area contributed by atoms with Crippen LogP contribution in [0.4, 0.5) is 4.79 Å². The molecule has 0 aliphatic carbocycles. The molecule has 0 radical (unpaired) electrons. The van der Waals surface area contributed by atoms with E-state index in [9.17, 15) is 9.59 Å². The molecule has 1 aromatic heterocycles. The first-order valence-corrected chi connectivity index (χ1v) is 6.40. The maximum atomic E-state index is 12.0. The van der Waals surface area contributed by atoms with Crippen LogP contribution in [0.5, 0.6) is 0 Å². The van der Waals surface area contributed by atoms with Crippen LogP contribution in [0.2, 0.25) is 0 Å². The van der Waals surface area contributed by atoms with E-state index in [1.165, 1.54) is 12.0 Å². The number of carbonyl (C=O) groups is 2. The van der Waals surface area contributed by atoms with Crippen LogP contribution in [0.15, 0.2) is 6.33 Å². The molecule has 8 heteroatoms. The Hall–Kier alpha value is -1.76. The summed E-state index contributed by atoms with van der Waals surface area (Å²) in [5.74, 6) is -0.132. The van der Waals surface area contributed by atoms with E-state index in [0.717, 1.165) is 11.4 Å². The van der Waals surface area contributed by atoms with E-state index in [1.807, 2.05) is 0 Å². The highest BCUT2D eigenvalue weighted by Crippen LogP contribution is 2.21. The minimum atomic E-state index is -0.656. The first kappa shape index (κ1) is 13.7. The predicted molar refractivity (Wildman–Crippen MR) is 67.8 cm³/mol. The molecule has 0 aromatic carbocycles. The summed E-state index contributed by atoms with van der Waals surface area (Å²) in [6.45, 7) is 0.643. The molecule has 0 bridgehead atoms. The minimum Gasteiger partial charge on any atom is -0.467 e. The second-order valence-electron chi connectivity index (χ2n) is 4.12. The van der Waals surface area contributed by atoms with Gasteiger partial charge in [0.1, 0.15) is 6.04 Å². The fourth-order valence-electron chi connectivity index (χ4n) is 2.05. The molecule has 1 aliphatic heterocycles. The highest BCUT2D eigenvalue weighted by Gasteiger charge is 2.36. The number of alkyl halides is 1. The van der Waals surface area contributed by atoms with Crippen LogP contribution in [-0.4, -0.2) is 52.4 Å². The van der Waals surface area contributed by atoms with Gasteiger partial charge in [0.25, 0.3) is 0 Å². The smallest absolute Gasteiger partial charge is 0.329 e. The number of nitrogens with one attached hydrogen (secondary N) is 2. The number of aromatic amines is 1. The lowest BCUT2D eigenvalue weighted by Crippen LogP contribution is -2.53. The van der Waals surface area contributed by atoms with Gasteiger partial charge in [-0.2, -0.15) is 0 Å². The molecule has 1 atom stereocenters. The summed E-state index contributed by atoms with van der Waals surface area (Å²) in [6, 6.07) is -0.993. The summed E-state index contributed by atoms with van der Waals surface area (Å²) in [5, 5.41) is 2.65. The van der Waals surface area contributed by atoms with Gasteiger partial charge in [0.15, 0.2) is 0 Å². The van der Waals surface area contributed by atoms with E-state index < -0.39 is 12.0 Å². The zero-order valence-electron chi connectivity index (χ0n) is 10.5. The number of halogens is 1. The number of hydrogen-bond donors (Lipinski definition) is 2. The number of ether oxygens (including phenoxy) is 1. The molecule has 7 nitrogen and oxygen atoms in total. The fourth-order valence-corrected chi connectivity index (χ4v) is 2.15. The Bertz CT molecular complexity index is 476. The third-order valence-electron chi connectivity index (χ3n) is 3.00. The van der Waals surface area contributed by atoms with Gasteiger partial charge in [0, 0.05) is 18.8 Å². The Morgan fingerprint density at radius 1 is 1.68 bits per heavy atom. The van der Waals surface area contributed by atoms with E-state index >= 15 is 0 Å². The Labute approximate surface area is 115 Å². The molecule has 19 heavy (non-hydrogen) atoms. The van der Waals surface area contributed by atoms with Crippen molar-refractivity contribution in [1.82, 2.24) is 20.2 Å². The van der Waals surface area contributed by atoms with E-state index in [2.05, 4.69) is 15.3 Å². The van der Waals surface area contributed by atoms with Crippen LogP contribution < -0.4 is 5.32 Å². The van der Waals surface area contributed by atoms with E-state index in [4.69, 9.17) is 16.3 Å². The molecule has 1 unspecified atom stereocenters. The van der Waals surface area contributed by atoms with Crippen molar-refractivity contribution in [2.24, 2.45) is 0 Å². The minimum absolute atomic E-state index is 0.295. The Morgan fingerprint density at radius 3 is 3.16 bits per heavy atom. The van der Waals surface area contributed by atoms with Gasteiger partial charge in [0.2, 0.25) is 0 Å². The monoisotopic (exact) mass is 286 g/mol. The van der Waals surface area contributed by atoms with Gasteiger partial charge in [-0.15, -0.1) is 11.6 Å². The average molecular weight is 287 g/mol. The first-order chi connectivity index (χ1) is 9.17. The zero-order valence-corrected chi connectivity index (χ0v) is 11.2. The largest absolute Gasteiger partial charge is 0.467 e. The summed E-state index contributed by atoms with van der Waals surface area (Å²) in [4.78, 5) is 32.3. The van der Waals surface area contributed by atoms with Gasteiger partial charge in [-0.05, 0) is 0 Å². The number of methoxy groups -OCH3 is 1. The quantitative estimate of drug-likeness (QED) is 0.616. The van der Waals surface area contributed by atoms with Gasteiger partial charge in [-0.1, -0.05) is 0 Å². The number of fused-ring (bicyclic) bond motifs is 1. The van der Waals surface area contributed by atoms with Gasteiger partial charge in [0.05, 0.1) is 31.4 Å². The van der Waals surface area contributed by atoms with Crippen molar-refractivity contribution in [3.05, 3.63) is 17.7 Å². The molecular weight excluding hydrogens is 272 g/mol. The van der Waals surface area contributed by atoms with Crippen LogP contribution in [0.25, 0.3) is 0 Å². The number of imidazole rings is 1. The predicted octanol–water partition coefficient (Wildman–Crippen LogP) is 0.258. The lowest BCUT2D eigenvalue weighted by molar-refractivity contribution is -0.146. The first-order valence-electron chi connectivity index (χ1n) is 5.86. The summed E-state index contributed by atoms with van der Waals surface area (Å²) in [7, 11) is 1.30. The van der Waals surface area contributed by atoms with Crippen molar-refractivity contribution in [1.29, 1.82) is 0 Å². The number of amides is 2. The maximum Gasteiger partial charge on any atom is 0.329 e. The van der Waals surface area contributed by atoms with E-state index in [1.54, 1.807) is 6.33 Å². The molecule has 1 aromatic rings. The standard InChI is InChI=1S/C11H15ClN4O3/c1-19-10(17)9-4-7-8(15-6-14-7)5-16(9)11(18)13-3-2-12/h6,9H,2-5H2,1H3,(H,13,18)(H,14,15). The second-order valence-corrected chi connectivity index (χ2v) is 4.50. The fraction of sp³-hybridized carbons (Fsp3) is 0.545. The average Bonchev–Trinajstić information content (AvgIpc) is 2.89. The third-order valence-corrected chi connectivity index (χ3v) is 3.19. The van der Waals surface area contributed by atoms with Gasteiger partial charge < -0.3 is 19.9 Å². The lowest BCUT2D eigenvalue weighted by atomic mass is 10.0. The Kier molecular flexibility index (Phi) is 4.26. The normalized spacial score (nSPS) is 17.8. The van der Waals surface area contributed by atoms with E-state index in [-0.39, 0.29) is 6.03 Å². The molecule has 2 heterocycles. The Morgan fingerprint density at radius 2 is 2.47 bits per heavy atom. The number of urea groups is 1. The van der Waals surface area contributed by atoms with Gasteiger partial charge >= 0.3 is 12.0 Å². The van der Waals surface area contributed by atoms with Crippen LogP contribution in [0.3, 0.4) is 0 Å². The van der Waals surface area contributed by atoms with Gasteiger partial charge in [-0.25, -0.2) is 14.6 Å². The third kappa shape index (κ3) is 2.81. The maximum absolute atomic E-state index is 12.0.